The predicted molar refractivity (Wildman–Crippen MR) is 60.0 cm³/mol. The van der Waals surface area contributed by atoms with Crippen LogP contribution in [0.5, 0.6) is 0 Å². The monoisotopic (exact) mass is 187 g/mol. The molecule has 0 saturated heterocycles. The van der Waals surface area contributed by atoms with Crippen LogP contribution in [-0.2, 0) is 6.42 Å². The third-order valence-corrected chi connectivity index (χ3v) is 2.63. The van der Waals surface area contributed by atoms with Crippen molar-refractivity contribution in [2.24, 2.45) is 5.92 Å². The Morgan fingerprint density at radius 2 is 2.29 bits per heavy atom. The Morgan fingerprint density at radius 1 is 1.43 bits per heavy atom. The maximum Gasteiger partial charge on any atom is 0.0690 e. The first-order valence-corrected chi connectivity index (χ1v) is 5.40. The molecule has 74 valence electrons. The molecule has 0 unspecified atom stereocenters. The molecule has 0 bridgehead atoms. The first-order valence-electron chi connectivity index (χ1n) is 5.40. The summed E-state index contributed by atoms with van der Waals surface area (Å²) in [6, 6.07) is 4.24. The van der Waals surface area contributed by atoms with Crippen LogP contribution in [0.15, 0.2) is 24.4 Å². The summed E-state index contributed by atoms with van der Waals surface area (Å²) in [6.07, 6.45) is 7.75. The van der Waals surface area contributed by atoms with Gasteiger partial charge in [-0.25, -0.2) is 0 Å². The zero-order valence-electron chi connectivity index (χ0n) is 8.96. The van der Waals surface area contributed by atoms with Gasteiger partial charge in [-0.05, 0) is 42.4 Å². The first kappa shape index (κ1) is 9.45. The Bertz CT molecular complexity index is 350. The summed E-state index contributed by atoms with van der Waals surface area (Å²) in [5.74, 6) is 0.717. The topological polar surface area (TPSA) is 12.9 Å². The lowest BCUT2D eigenvalue weighted by molar-refractivity contribution is 0.668. The highest BCUT2D eigenvalue weighted by Gasteiger charge is 2.13. The highest BCUT2D eigenvalue weighted by Crippen LogP contribution is 2.28. The van der Waals surface area contributed by atoms with E-state index < -0.39 is 0 Å². The van der Waals surface area contributed by atoms with Gasteiger partial charge in [0.15, 0.2) is 0 Å². The molecule has 0 atom stereocenters. The Labute approximate surface area is 85.9 Å². The molecule has 1 heteroatoms. The molecular formula is C13H17N. The average molecular weight is 187 g/mol. The van der Waals surface area contributed by atoms with E-state index in [0.29, 0.717) is 5.92 Å². The fourth-order valence-electron chi connectivity index (χ4n) is 2.05. The van der Waals surface area contributed by atoms with E-state index >= 15 is 0 Å². The maximum atomic E-state index is 4.49. The molecule has 0 spiro atoms. The number of hydrogen-bond donors (Lipinski definition) is 0. The van der Waals surface area contributed by atoms with Crippen LogP contribution in [-0.4, -0.2) is 4.98 Å². The number of allylic oxidation sites excluding steroid dienone is 2. The molecule has 0 fully saturated rings. The Hall–Kier alpha value is -1.11. The first-order chi connectivity index (χ1) is 6.77. The van der Waals surface area contributed by atoms with Crippen molar-refractivity contribution >= 4 is 5.57 Å². The van der Waals surface area contributed by atoms with Gasteiger partial charge in [0.05, 0.1) is 5.69 Å². The van der Waals surface area contributed by atoms with Crippen LogP contribution in [0.4, 0.5) is 0 Å². The predicted octanol–water partition coefficient (Wildman–Crippen LogP) is 3.46. The molecule has 0 radical (unpaired) electrons. The van der Waals surface area contributed by atoms with E-state index in [1.807, 2.05) is 12.3 Å². The summed E-state index contributed by atoms with van der Waals surface area (Å²) < 4.78 is 0. The van der Waals surface area contributed by atoms with E-state index in [1.165, 1.54) is 23.3 Å². The smallest absolute Gasteiger partial charge is 0.0690 e. The van der Waals surface area contributed by atoms with Gasteiger partial charge in [0.25, 0.3) is 0 Å². The Kier molecular flexibility index (Phi) is 2.67. The molecule has 1 aromatic rings. The van der Waals surface area contributed by atoms with Crippen molar-refractivity contribution < 1.29 is 0 Å². The van der Waals surface area contributed by atoms with Crippen LogP contribution in [0.25, 0.3) is 5.57 Å². The minimum absolute atomic E-state index is 0.717. The zero-order chi connectivity index (χ0) is 9.97. The van der Waals surface area contributed by atoms with Crippen molar-refractivity contribution in [3.05, 3.63) is 35.7 Å². The summed E-state index contributed by atoms with van der Waals surface area (Å²) in [6.45, 7) is 4.52. The molecular weight excluding hydrogens is 170 g/mol. The van der Waals surface area contributed by atoms with Crippen LogP contribution in [0.1, 0.15) is 37.9 Å². The lowest BCUT2D eigenvalue weighted by Gasteiger charge is -2.17. The molecule has 0 aliphatic heterocycles. The molecule has 1 aliphatic rings. The quantitative estimate of drug-likeness (QED) is 0.691. The van der Waals surface area contributed by atoms with Crippen molar-refractivity contribution in [2.45, 2.75) is 33.1 Å². The highest BCUT2D eigenvalue weighted by molar-refractivity contribution is 5.67. The molecule has 1 aliphatic carbocycles. The largest absolute Gasteiger partial charge is 0.256 e. The minimum Gasteiger partial charge on any atom is -0.256 e. The van der Waals surface area contributed by atoms with Crippen molar-refractivity contribution in [1.29, 1.82) is 0 Å². The average Bonchev–Trinajstić information content (AvgIpc) is 2.18. The van der Waals surface area contributed by atoms with Gasteiger partial charge >= 0.3 is 0 Å². The van der Waals surface area contributed by atoms with Crippen LogP contribution in [0.2, 0.25) is 0 Å². The number of pyridine rings is 1. The van der Waals surface area contributed by atoms with Crippen LogP contribution >= 0.6 is 0 Å². The third-order valence-electron chi connectivity index (χ3n) is 2.63. The molecule has 0 N–H and O–H groups in total. The minimum atomic E-state index is 0.717. The van der Waals surface area contributed by atoms with Crippen LogP contribution < -0.4 is 0 Å². The van der Waals surface area contributed by atoms with Crippen molar-refractivity contribution in [3.8, 4) is 0 Å². The third kappa shape index (κ3) is 1.87. The van der Waals surface area contributed by atoms with Gasteiger partial charge in [0.2, 0.25) is 0 Å². The normalized spacial score (nSPS) is 15.2. The van der Waals surface area contributed by atoms with E-state index in [1.54, 1.807) is 0 Å². The molecule has 0 amide bonds. The summed E-state index contributed by atoms with van der Waals surface area (Å²) in [4.78, 5) is 4.49. The molecule has 1 nitrogen and oxygen atoms in total. The number of fused-ring (bicyclic) bond motifs is 1. The second-order valence-electron chi connectivity index (χ2n) is 4.38. The van der Waals surface area contributed by atoms with Crippen molar-refractivity contribution in [3.63, 3.8) is 0 Å². The highest BCUT2D eigenvalue weighted by atomic mass is 14.7. The second-order valence-corrected chi connectivity index (χ2v) is 4.38. The summed E-state index contributed by atoms with van der Waals surface area (Å²) >= 11 is 0. The zero-order valence-corrected chi connectivity index (χ0v) is 8.96. The van der Waals surface area contributed by atoms with Gasteiger partial charge < -0.3 is 0 Å². The lowest BCUT2D eigenvalue weighted by Crippen LogP contribution is -2.04. The van der Waals surface area contributed by atoms with E-state index in [-0.39, 0.29) is 0 Å². The number of rotatable bonds is 2. The van der Waals surface area contributed by atoms with Crippen LogP contribution in [0.3, 0.4) is 0 Å². The van der Waals surface area contributed by atoms with E-state index in [0.717, 1.165) is 12.8 Å². The van der Waals surface area contributed by atoms with Crippen LogP contribution in [0, 0.1) is 5.92 Å². The maximum absolute atomic E-state index is 4.49. The fourth-order valence-corrected chi connectivity index (χ4v) is 2.05. The summed E-state index contributed by atoms with van der Waals surface area (Å²) in [7, 11) is 0. The van der Waals surface area contributed by atoms with Gasteiger partial charge in [-0.1, -0.05) is 26.0 Å². The Balaban J connectivity index is 2.31. The standard InChI is InChI=1S/C13H17N/c1-10(2)9-12-6-3-5-11-7-4-8-14-13(11)12/h4,6-8,10H,3,5,9H2,1-2H3. The number of nitrogens with zero attached hydrogens (tertiary/aromatic N) is 1. The van der Waals surface area contributed by atoms with Crippen molar-refractivity contribution in [1.82, 2.24) is 4.98 Å². The van der Waals surface area contributed by atoms with Gasteiger partial charge in [0.1, 0.15) is 0 Å². The van der Waals surface area contributed by atoms with Gasteiger partial charge in [0, 0.05) is 6.20 Å². The summed E-state index contributed by atoms with van der Waals surface area (Å²) in [5, 5.41) is 0. The molecule has 0 aromatic carbocycles. The molecule has 14 heavy (non-hydrogen) atoms. The van der Waals surface area contributed by atoms with Gasteiger partial charge in [-0.2, -0.15) is 0 Å². The summed E-state index contributed by atoms with van der Waals surface area (Å²) in [5.41, 5.74) is 4.11. The molecule has 1 aromatic heterocycles. The van der Waals surface area contributed by atoms with Gasteiger partial charge in [-0.15, -0.1) is 0 Å². The second kappa shape index (κ2) is 3.95. The Morgan fingerprint density at radius 3 is 3.07 bits per heavy atom. The SMILES string of the molecule is CC(C)CC1=CCCc2cccnc21. The van der Waals surface area contributed by atoms with E-state index in [2.05, 4.69) is 31.0 Å². The molecule has 2 rings (SSSR count). The number of aryl methyl sites for hydroxylation is 1. The fraction of sp³-hybridized carbons (Fsp3) is 0.462. The number of aromatic nitrogens is 1. The van der Waals surface area contributed by atoms with Gasteiger partial charge in [-0.3, -0.25) is 4.98 Å². The lowest BCUT2D eigenvalue weighted by atomic mass is 9.90. The number of hydrogen-bond acceptors (Lipinski definition) is 1. The van der Waals surface area contributed by atoms with Crippen molar-refractivity contribution in [2.75, 3.05) is 0 Å². The molecule has 1 heterocycles. The van der Waals surface area contributed by atoms with E-state index in [4.69, 9.17) is 0 Å². The molecule has 0 saturated carbocycles. The van der Waals surface area contributed by atoms with E-state index in [9.17, 15) is 0 Å².